The molecule has 5 nitrogen and oxygen atoms in total. The minimum Gasteiger partial charge on any atom is -0.480 e. The third-order valence-corrected chi connectivity index (χ3v) is 3.30. The van der Waals surface area contributed by atoms with Crippen LogP contribution in [0.25, 0.3) is 0 Å². The van der Waals surface area contributed by atoms with Crippen molar-refractivity contribution in [1.82, 2.24) is 9.97 Å². The van der Waals surface area contributed by atoms with Gasteiger partial charge in [0, 0.05) is 18.9 Å². The van der Waals surface area contributed by atoms with E-state index >= 15 is 0 Å². The van der Waals surface area contributed by atoms with Crippen LogP contribution in [0.3, 0.4) is 0 Å². The van der Waals surface area contributed by atoms with Crippen LogP contribution in [0.5, 0.6) is 0 Å². The molecule has 1 aromatic rings. The number of fused-ring (bicyclic) bond motifs is 1. The molecule has 17 heavy (non-hydrogen) atoms. The number of carboxylic acids is 1. The third-order valence-electron chi connectivity index (χ3n) is 3.30. The van der Waals surface area contributed by atoms with E-state index in [1.54, 1.807) is 18.9 Å². The maximum atomic E-state index is 10.9. The summed E-state index contributed by atoms with van der Waals surface area (Å²) in [5.41, 5.74) is 2.28. The second kappa shape index (κ2) is 4.69. The molecule has 1 unspecified atom stereocenters. The highest BCUT2D eigenvalue weighted by molar-refractivity contribution is 5.76. The first-order valence-corrected chi connectivity index (χ1v) is 5.90. The molecular weight excluding hydrogens is 218 g/mol. The van der Waals surface area contributed by atoms with Crippen molar-refractivity contribution < 1.29 is 9.90 Å². The molecule has 1 atom stereocenters. The summed E-state index contributed by atoms with van der Waals surface area (Å²) in [6.45, 7) is 1.63. The summed E-state index contributed by atoms with van der Waals surface area (Å²) in [5, 5.41) is 8.95. The van der Waals surface area contributed by atoms with Gasteiger partial charge in [0.05, 0.1) is 0 Å². The van der Waals surface area contributed by atoms with Crippen LogP contribution in [0.4, 0.5) is 5.95 Å². The van der Waals surface area contributed by atoms with E-state index in [0.717, 1.165) is 25.0 Å². The van der Waals surface area contributed by atoms with Crippen molar-refractivity contribution in [2.75, 3.05) is 11.9 Å². The van der Waals surface area contributed by atoms with Gasteiger partial charge < -0.3 is 10.0 Å². The summed E-state index contributed by atoms with van der Waals surface area (Å²) in [6, 6.07) is -0.614. The van der Waals surface area contributed by atoms with Gasteiger partial charge in [0.2, 0.25) is 5.95 Å². The molecule has 0 spiro atoms. The number of carboxylic acid groups (broad SMARTS) is 1. The molecule has 1 heterocycles. The molecule has 0 bridgehead atoms. The summed E-state index contributed by atoms with van der Waals surface area (Å²) >= 11 is 0. The fourth-order valence-electron chi connectivity index (χ4n) is 1.97. The number of carbonyl (C=O) groups is 1. The van der Waals surface area contributed by atoms with E-state index < -0.39 is 12.0 Å². The topological polar surface area (TPSA) is 66.3 Å². The van der Waals surface area contributed by atoms with Gasteiger partial charge >= 0.3 is 5.97 Å². The number of likely N-dealkylation sites (N-methyl/N-ethyl adjacent to an activating group) is 1. The smallest absolute Gasteiger partial charge is 0.326 e. The van der Waals surface area contributed by atoms with E-state index in [9.17, 15) is 4.79 Å². The fourth-order valence-corrected chi connectivity index (χ4v) is 1.97. The Morgan fingerprint density at radius 3 is 2.88 bits per heavy atom. The predicted molar refractivity (Wildman–Crippen MR) is 64.2 cm³/mol. The van der Waals surface area contributed by atoms with Gasteiger partial charge in [-0.25, -0.2) is 14.8 Å². The molecule has 0 saturated carbocycles. The van der Waals surface area contributed by atoms with Crippen molar-refractivity contribution in [2.45, 2.75) is 38.6 Å². The highest BCUT2D eigenvalue weighted by Gasteiger charge is 2.20. The van der Waals surface area contributed by atoms with Crippen LogP contribution in [0.2, 0.25) is 0 Å². The molecule has 0 fully saturated rings. The Hall–Kier alpha value is -1.65. The molecule has 0 amide bonds. The van der Waals surface area contributed by atoms with Crippen molar-refractivity contribution in [1.29, 1.82) is 0 Å². The number of aliphatic carboxylic acids is 1. The molecule has 1 aromatic heterocycles. The molecule has 1 aliphatic rings. The van der Waals surface area contributed by atoms with Crippen LogP contribution in [-0.2, 0) is 17.6 Å². The Bertz CT molecular complexity index is 434. The second-order valence-electron chi connectivity index (χ2n) is 4.47. The SMILES string of the molecule is CC(C(=O)O)N(C)c1ncc2c(n1)CCCC2. The number of aryl methyl sites for hydroxylation is 2. The van der Waals surface area contributed by atoms with Gasteiger partial charge in [0.25, 0.3) is 0 Å². The number of anilines is 1. The van der Waals surface area contributed by atoms with Crippen LogP contribution in [0.1, 0.15) is 31.0 Å². The lowest BCUT2D eigenvalue weighted by Gasteiger charge is -2.23. The first kappa shape index (κ1) is 11.8. The first-order valence-electron chi connectivity index (χ1n) is 5.90. The maximum Gasteiger partial charge on any atom is 0.326 e. The van der Waals surface area contributed by atoms with Gasteiger partial charge in [0.15, 0.2) is 0 Å². The summed E-state index contributed by atoms with van der Waals surface area (Å²) in [5.74, 6) is -0.366. The number of aromatic nitrogens is 2. The quantitative estimate of drug-likeness (QED) is 0.854. The Morgan fingerprint density at radius 1 is 1.47 bits per heavy atom. The Kier molecular flexibility index (Phi) is 3.26. The number of rotatable bonds is 3. The Morgan fingerprint density at radius 2 is 2.18 bits per heavy atom. The number of hydrogen-bond donors (Lipinski definition) is 1. The summed E-state index contributed by atoms with van der Waals surface area (Å²) in [4.78, 5) is 21.2. The molecule has 0 aliphatic heterocycles. The lowest BCUT2D eigenvalue weighted by molar-refractivity contribution is -0.138. The Labute approximate surface area is 100 Å². The van der Waals surface area contributed by atoms with E-state index in [-0.39, 0.29) is 0 Å². The molecule has 0 saturated heterocycles. The van der Waals surface area contributed by atoms with E-state index in [4.69, 9.17) is 5.11 Å². The van der Waals surface area contributed by atoms with Crippen LogP contribution in [0, 0.1) is 0 Å². The number of hydrogen-bond acceptors (Lipinski definition) is 4. The maximum absolute atomic E-state index is 10.9. The molecule has 2 rings (SSSR count). The van der Waals surface area contributed by atoms with Gasteiger partial charge in [0.1, 0.15) is 6.04 Å². The highest BCUT2D eigenvalue weighted by Crippen LogP contribution is 2.21. The van der Waals surface area contributed by atoms with E-state index in [1.165, 1.54) is 12.0 Å². The molecule has 5 heteroatoms. The summed E-state index contributed by atoms with van der Waals surface area (Å²) in [6.07, 6.45) is 6.19. The van der Waals surface area contributed by atoms with Crippen molar-refractivity contribution in [2.24, 2.45) is 0 Å². The van der Waals surface area contributed by atoms with Crippen LogP contribution in [-0.4, -0.2) is 34.1 Å². The minimum atomic E-state index is -0.867. The van der Waals surface area contributed by atoms with E-state index in [0.29, 0.717) is 5.95 Å². The van der Waals surface area contributed by atoms with Crippen LogP contribution >= 0.6 is 0 Å². The van der Waals surface area contributed by atoms with Crippen LogP contribution in [0.15, 0.2) is 6.20 Å². The zero-order valence-electron chi connectivity index (χ0n) is 10.2. The zero-order valence-corrected chi connectivity index (χ0v) is 10.2. The van der Waals surface area contributed by atoms with Gasteiger partial charge in [-0.3, -0.25) is 0 Å². The highest BCUT2D eigenvalue weighted by atomic mass is 16.4. The van der Waals surface area contributed by atoms with Crippen LogP contribution < -0.4 is 4.90 Å². The van der Waals surface area contributed by atoms with Gasteiger partial charge in [-0.1, -0.05) is 0 Å². The van der Waals surface area contributed by atoms with Crippen molar-refractivity contribution in [3.05, 3.63) is 17.5 Å². The fraction of sp³-hybridized carbons (Fsp3) is 0.583. The monoisotopic (exact) mass is 235 g/mol. The molecule has 92 valence electrons. The predicted octanol–water partition coefficient (Wildman–Crippen LogP) is 1.26. The summed E-state index contributed by atoms with van der Waals surface area (Å²) in [7, 11) is 1.71. The average molecular weight is 235 g/mol. The van der Waals surface area contributed by atoms with Gasteiger partial charge in [-0.2, -0.15) is 0 Å². The first-order chi connectivity index (χ1) is 8.09. The average Bonchev–Trinajstić information content (AvgIpc) is 2.36. The van der Waals surface area contributed by atoms with Gasteiger partial charge in [-0.15, -0.1) is 0 Å². The lowest BCUT2D eigenvalue weighted by Crippen LogP contribution is -2.37. The minimum absolute atomic E-state index is 0.501. The molecular formula is C12H17N3O2. The zero-order chi connectivity index (χ0) is 12.4. The van der Waals surface area contributed by atoms with Gasteiger partial charge in [-0.05, 0) is 38.2 Å². The van der Waals surface area contributed by atoms with Crippen molar-refractivity contribution in [3.8, 4) is 0 Å². The Balaban J connectivity index is 2.24. The largest absolute Gasteiger partial charge is 0.480 e. The molecule has 1 N–H and O–H groups in total. The molecule has 0 radical (unpaired) electrons. The van der Waals surface area contributed by atoms with E-state index in [1.807, 2.05) is 6.20 Å². The standard InChI is InChI=1S/C12H17N3O2/c1-8(11(16)17)15(2)12-13-7-9-5-3-4-6-10(9)14-12/h7-8H,3-6H2,1-2H3,(H,16,17). The lowest BCUT2D eigenvalue weighted by atomic mass is 9.98. The van der Waals surface area contributed by atoms with Crippen molar-refractivity contribution >= 4 is 11.9 Å². The molecule has 0 aromatic carbocycles. The van der Waals surface area contributed by atoms with Crippen molar-refractivity contribution in [3.63, 3.8) is 0 Å². The third kappa shape index (κ3) is 2.38. The normalized spacial score (nSPS) is 16.1. The second-order valence-corrected chi connectivity index (χ2v) is 4.47. The number of nitrogens with zero attached hydrogens (tertiary/aromatic N) is 3. The van der Waals surface area contributed by atoms with E-state index in [2.05, 4.69) is 9.97 Å². The molecule has 1 aliphatic carbocycles. The summed E-state index contributed by atoms with van der Waals surface area (Å²) < 4.78 is 0.